The van der Waals surface area contributed by atoms with Gasteiger partial charge in [-0.25, -0.2) is 8.42 Å². The van der Waals surface area contributed by atoms with E-state index in [-0.39, 0.29) is 10.7 Å². The molecule has 1 N–H and O–H groups in total. The first-order valence-electron chi connectivity index (χ1n) is 13.0. The second-order valence-electron chi connectivity index (χ2n) is 10.2. The van der Waals surface area contributed by atoms with Crippen molar-refractivity contribution in [2.24, 2.45) is 0 Å². The summed E-state index contributed by atoms with van der Waals surface area (Å²) in [5.74, 6) is 0.532. The SMILES string of the molecule is O=C1CC2(CCN(CCc3cccc4ccccc34)CC2)Oc2ccc(NS(=O)(=O)c3ccccc3)cc21. The minimum Gasteiger partial charge on any atom is -0.486 e. The molecule has 0 atom stereocenters. The van der Waals surface area contributed by atoms with Crippen LogP contribution in [0.2, 0.25) is 0 Å². The largest absolute Gasteiger partial charge is 0.486 e. The summed E-state index contributed by atoms with van der Waals surface area (Å²) in [5.41, 5.74) is 1.65. The van der Waals surface area contributed by atoms with Gasteiger partial charge >= 0.3 is 0 Å². The van der Waals surface area contributed by atoms with Gasteiger partial charge in [0.2, 0.25) is 0 Å². The van der Waals surface area contributed by atoms with Crippen molar-refractivity contribution < 1.29 is 17.9 Å². The summed E-state index contributed by atoms with van der Waals surface area (Å²) in [6.45, 7) is 2.73. The highest BCUT2D eigenvalue weighted by molar-refractivity contribution is 7.92. The first kappa shape index (κ1) is 24.6. The first-order chi connectivity index (χ1) is 18.4. The second-order valence-corrected chi connectivity index (χ2v) is 11.9. The van der Waals surface area contributed by atoms with Crippen LogP contribution in [0, 0.1) is 0 Å². The average molecular weight is 527 g/mol. The molecule has 0 aliphatic carbocycles. The molecule has 4 aromatic carbocycles. The van der Waals surface area contributed by atoms with E-state index in [4.69, 9.17) is 4.74 Å². The van der Waals surface area contributed by atoms with Crippen LogP contribution in [0.25, 0.3) is 10.8 Å². The second kappa shape index (κ2) is 9.89. The van der Waals surface area contributed by atoms with Crippen molar-refractivity contribution in [3.05, 3.63) is 102 Å². The van der Waals surface area contributed by atoms with Crippen molar-refractivity contribution in [2.45, 2.75) is 36.2 Å². The molecule has 1 saturated heterocycles. The molecule has 2 aliphatic heterocycles. The van der Waals surface area contributed by atoms with Crippen molar-refractivity contribution in [1.82, 2.24) is 4.90 Å². The number of carbonyl (C=O) groups excluding carboxylic acids is 1. The molecule has 6 rings (SSSR count). The third kappa shape index (κ3) is 4.91. The highest BCUT2D eigenvalue weighted by Crippen LogP contribution is 2.40. The highest BCUT2D eigenvalue weighted by Gasteiger charge is 2.43. The van der Waals surface area contributed by atoms with Crippen LogP contribution in [0.4, 0.5) is 5.69 Å². The molecule has 1 fully saturated rings. The van der Waals surface area contributed by atoms with E-state index >= 15 is 0 Å². The summed E-state index contributed by atoms with van der Waals surface area (Å²) in [7, 11) is -3.74. The molecule has 0 unspecified atom stereocenters. The zero-order chi connectivity index (χ0) is 26.2. The number of ether oxygens (including phenoxy) is 1. The van der Waals surface area contributed by atoms with E-state index in [0.29, 0.717) is 23.4 Å². The third-order valence-corrected chi connectivity index (χ3v) is 9.14. The van der Waals surface area contributed by atoms with E-state index < -0.39 is 15.6 Å². The Labute approximate surface area is 223 Å². The van der Waals surface area contributed by atoms with Crippen LogP contribution in [-0.2, 0) is 16.4 Å². The third-order valence-electron chi connectivity index (χ3n) is 7.74. The van der Waals surface area contributed by atoms with Gasteiger partial charge in [-0.1, -0.05) is 60.7 Å². The molecule has 2 heterocycles. The number of sulfonamides is 1. The number of hydrogen-bond acceptors (Lipinski definition) is 5. The monoisotopic (exact) mass is 526 g/mol. The maximum absolute atomic E-state index is 13.2. The number of fused-ring (bicyclic) bond motifs is 2. The predicted octanol–water partition coefficient (Wildman–Crippen LogP) is 5.68. The zero-order valence-corrected chi connectivity index (χ0v) is 21.9. The molecular formula is C31H30N2O4S. The number of rotatable bonds is 6. The van der Waals surface area contributed by atoms with Crippen LogP contribution in [0.3, 0.4) is 0 Å². The number of Topliss-reactive ketones (excluding diaryl/α,β-unsaturated/α-hetero) is 1. The molecule has 6 nitrogen and oxygen atoms in total. The summed E-state index contributed by atoms with van der Waals surface area (Å²) in [4.78, 5) is 15.8. The van der Waals surface area contributed by atoms with Crippen LogP contribution in [0.1, 0.15) is 35.2 Å². The Kier molecular flexibility index (Phi) is 6.41. The van der Waals surface area contributed by atoms with Gasteiger partial charge in [0.05, 0.1) is 16.9 Å². The summed E-state index contributed by atoms with van der Waals surface area (Å²) < 4.78 is 34.4. The van der Waals surface area contributed by atoms with Gasteiger partial charge < -0.3 is 9.64 Å². The van der Waals surface area contributed by atoms with Gasteiger partial charge in [0, 0.05) is 38.2 Å². The number of anilines is 1. The van der Waals surface area contributed by atoms with E-state index in [1.54, 1.807) is 36.4 Å². The Hall–Kier alpha value is -3.68. The number of ketones is 1. The van der Waals surface area contributed by atoms with Gasteiger partial charge in [-0.05, 0) is 53.1 Å². The van der Waals surface area contributed by atoms with Crippen LogP contribution in [0.15, 0.2) is 95.9 Å². The lowest BCUT2D eigenvalue weighted by molar-refractivity contribution is -0.00863. The maximum atomic E-state index is 13.2. The molecule has 0 aromatic heterocycles. The van der Waals surface area contributed by atoms with Crippen molar-refractivity contribution in [3.8, 4) is 5.75 Å². The molecule has 38 heavy (non-hydrogen) atoms. The summed E-state index contributed by atoms with van der Waals surface area (Å²) >= 11 is 0. The first-order valence-corrected chi connectivity index (χ1v) is 14.5. The van der Waals surface area contributed by atoms with Crippen molar-refractivity contribution >= 4 is 32.3 Å². The number of benzene rings is 4. The average Bonchev–Trinajstić information content (AvgIpc) is 2.93. The minimum absolute atomic E-state index is 0.00351. The van der Waals surface area contributed by atoms with Gasteiger partial charge in [-0.3, -0.25) is 9.52 Å². The fraction of sp³-hybridized carbons (Fsp3) is 0.258. The molecule has 0 saturated carbocycles. The lowest BCUT2D eigenvalue weighted by Crippen LogP contribution is -2.51. The Morgan fingerprint density at radius 2 is 1.61 bits per heavy atom. The fourth-order valence-electron chi connectivity index (χ4n) is 5.62. The zero-order valence-electron chi connectivity index (χ0n) is 21.1. The van der Waals surface area contributed by atoms with Crippen molar-refractivity contribution in [3.63, 3.8) is 0 Å². The van der Waals surface area contributed by atoms with E-state index in [9.17, 15) is 13.2 Å². The van der Waals surface area contributed by atoms with Crippen LogP contribution < -0.4 is 9.46 Å². The number of piperidine rings is 1. The number of hydrogen-bond donors (Lipinski definition) is 1. The Morgan fingerprint density at radius 3 is 2.42 bits per heavy atom. The Bertz CT molecular complexity index is 1590. The summed E-state index contributed by atoms with van der Waals surface area (Å²) in [5, 5.41) is 2.58. The van der Waals surface area contributed by atoms with Gasteiger partial charge in [0.25, 0.3) is 10.0 Å². The normalized spacial score (nSPS) is 17.2. The van der Waals surface area contributed by atoms with Crippen molar-refractivity contribution in [2.75, 3.05) is 24.4 Å². The van der Waals surface area contributed by atoms with Gasteiger partial charge in [0.15, 0.2) is 5.78 Å². The molecule has 194 valence electrons. The Morgan fingerprint density at radius 1 is 0.868 bits per heavy atom. The lowest BCUT2D eigenvalue weighted by atomic mass is 9.82. The predicted molar refractivity (Wildman–Crippen MR) is 149 cm³/mol. The fourth-order valence-corrected chi connectivity index (χ4v) is 6.69. The Balaban J connectivity index is 1.10. The quantitative estimate of drug-likeness (QED) is 0.350. The number of likely N-dealkylation sites (tertiary alicyclic amines) is 1. The lowest BCUT2D eigenvalue weighted by Gasteiger charge is -2.44. The van der Waals surface area contributed by atoms with Gasteiger partial charge in [0.1, 0.15) is 11.4 Å². The van der Waals surface area contributed by atoms with E-state index in [2.05, 4.69) is 52.1 Å². The van der Waals surface area contributed by atoms with Crippen molar-refractivity contribution in [1.29, 1.82) is 0 Å². The summed E-state index contributed by atoms with van der Waals surface area (Å²) in [6, 6.07) is 28.1. The van der Waals surface area contributed by atoms with Crippen LogP contribution >= 0.6 is 0 Å². The van der Waals surface area contributed by atoms with Gasteiger partial charge in [-0.15, -0.1) is 0 Å². The number of nitrogens with zero attached hydrogens (tertiary/aromatic N) is 1. The summed E-state index contributed by atoms with van der Waals surface area (Å²) in [6.07, 6.45) is 2.87. The molecule has 0 radical (unpaired) electrons. The van der Waals surface area contributed by atoms with Gasteiger partial charge in [-0.2, -0.15) is 0 Å². The number of carbonyl (C=O) groups is 1. The van der Waals surface area contributed by atoms with E-state index in [0.717, 1.165) is 38.9 Å². The van der Waals surface area contributed by atoms with E-state index in [1.165, 1.54) is 28.5 Å². The van der Waals surface area contributed by atoms with E-state index in [1.807, 2.05) is 0 Å². The van der Waals surface area contributed by atoms with Crippen LogP contribution in [-0.4, -0.2) is 44.3 Å². The maximum Gasteiger partial charge on any atom is 0.261 e. The highest BCUT2D eigenvalue weighted by atomic mass is 32.2. The molecule has 7 heteroatoms. The molecule has 4 aromatic rings. The molecule has 0 bridgehead atoms. The standard InChI is InChI=1S/C31H30N2O4S/c34-29-22-31(16-19-33(20-17-31)18-15-24-9-6-8-23-7-4-5-12-27(23)24)37-30-14-13-25(21-28(29)30)32-38(35,36)26-10-2-1-3-11-26/h1-14,21,32H,15-20,22H2. The minimum atomic E-state index is -3.74. The molecule has 1 spiro atoms. The molecule has 0 amide bonds. The smallest absolute Gasteiger partial charge is 0.261 e. The van der Waals surface area contributed by atoms with Crippen LogP contribution in [0.5, 0.6) is 5.75 Å². The topological polar surface area (TPSA) is 75.7 Å². The molecule has 2 aliphatic rings. The molecular weight excluding hydrogens is 496 g/mol. The number of nitrogens with one attached hydrogen (secondary N) is 1.